The van der Waals surface area contributed by atoms with E-state index in [-0.39, 0.29) is 29.1 Å². The van der Waals surface area contributed by atoms with E-state index < -0.39 is 15.6 Å². The molecule has 27 heavy (non-hydrogen) atoms. The van der Waals surface area contributed by atoms with E-state index in [1.54, 1.807) is 33.2 Å². The second-order valence-corrected chi connectivity index (χ2v) is 9.07. The van der Waals surface area contributed by atoms with Crippen LogP contribution in [0, 0.1) is 6.92 Å². The van der Waals surface area contributed by atoms with Gasteiger partial charge in [0.1, 0.15) is 5.60 Å². The van der Waals surface area contributed by atoms with Crippen LogP contribution in [0.2, 0.25) is 0 Å². The fourth-order valence-electron chi connectivity index (χ4n) is 2.31. The Morgan fingerprint density at radius 3 is 2.44 bits per heavy atom. The quantitative estimate of drug-likeness (QED) is 0.793. The van der Waals surface area contributed by atoms with Gasteiger partial charge in [0, 0.05) is 24.4 Å². The number of hydrogen-bond acceptors (Lipinski definition) is 7. The number of pyridine rings is 1. The van der Waals surface area contributed by atoms with E-state index in [1.807, 2.05) is 20.8 Å². The molecule has 0 aliphatic heterocycles. The standard InChI is InChI=1S/C17H25N5O4S/c1-7-8-27(24,25)21-15-18-13(19-16(20-15)26-17(3,4)5)12-9-11(2)14(23)22(6)10-12/h9-10H,7-8H2,1-6H3,(H,18,19,20,21). The van der Waals surface area contributed by atoms with E-state index in [1.165, 1.54) is 4.57 Å². The van der Waals surface area contributed by atoms with Gasteiger partial charge in [-0.05, 0) is 40.2 Å². The van der Waals surface area contributed by atoms with E-state index in [0.29, 0.717) is 17.5 Å². The van der Waals surface area contributed by atoms with Crippen LogP contribution in [0.3, 0.4) is 0 Å². The highest BCUT2D eigenvalue weighted by molar-refractivity contribution is 7.92. The summed E-state index contributed by atoms with van der Waals surface area (Å²) in [5.74, 6) is 0.0268. The molecule has 1 N–H and O–H groups in total. The first-order chi connectivity index (χ1) is 12.4. The largest absolute Gasteiger partial charge is 0.458 e. The number of anilines is 1. The number of aryl methyl sites for hydroxylation is 2. The third kappa shape index (κ3) is 5.75. The highest BCUT2D eigenvalue weighted by Crippen LogP contribution is 2.21. The molecule has 0 radical (unpaired) electrons. The van der Waals surface area contributed by atoms with Crippen molar-refractivity contribution in [1.29, 1.82) is 0 Å². The van der Waals surface area contributed by atoms with Crippen LogP contribution in [0.15, 0.2) is 17.1 Å². The topological polar surface area (TPSA) is 116 Å². The molecule has 10 heteroatoms. The maximum absolute atomic E-state index is 12.1. The maximum Gasteiger partial charge on any atom is 0.322 e. The maximum atomic E-state index is 12.1. The molecule has 0 aromatic carbocycles. The molecule has 0 aliphatic carbocycles. The van der Waals surface area contributed by atoms with Gasteiger partial charge in [-0.15, -0.1) is 0 Å². The number of sulfonamides is 1. The monoisotopic (exact) mass is 395 g/mol. The van der Waals surface area contributed by atoms with Crippen LogP contribution in [0.4, 0.5) is 5.95 Å². The van der Waals surface area contributed by atoms with Crippen LogP contribution in [0.1, 0.15) is 39.7 Å². The Morgan fingerprint density at radius 2 is 1.89 bits per heavy atom. The van der Waals surface area contributed by atoms with Crippen molar-refractivity contribution in [3.63, 3.8) is 0 Å². The summed E-state index contributed by atoms with van der Waals surface area (Å²) >= 11 is 0. The lowest BCUT2D eigenvalue weighted by Gasteiger charge is -2.20. The lowest BCUT2D eigenvalue weighted by Crippen LogP contribution is -2.25. The van der Waals surface area contributed by atoms with E-state index in [0.717, 1.165) is 0 Å². The molecule has 2 rings (SSSR count). The molecular formula is C17H25N5O4S. The van der Waals surface area contributed by atoms with E-state index in [2.05, 4.69) is 19.7 Å². The summed E-state index contributed by atoms with van der Waals surface area (Å²) in [6.07, 6.45) is 2.04. The molecule has 2 heterocycles. The molecule has 0 unspecified atom stereocenters. The van der Waals surface area contributed by atoms with Crippen LogP contribution in [0.5, 0.6) is 6.01 Å². The number of nitrogens with zero attached hydrogens (tertiary/aromatic N) is 4. The summed E-state index contributed by atoms with van der Waals surface area (Å²) in [5.41, 5.74) is 0.342. The summed E-state index contributed by atoms with van der Waals surface area (Å²) in [6, 6.07) is 1.64. The van der Waals surface area contributed by atoms with Crippen molar-refractivity contribution in [2.75, 3.05) is 10.5 Å². The summed E-state index contributed by atoms with van der Waals surface area (Å²) in [7, 11) is -1.96. The Hall–Kier alpha value is -2.49. The molecule has 148 valence electrons. The van der Waals surface area contributed by atoms with Crippen molar-refractivity contribution in [2.24, 2.45) is 7.05 Å². The molecule has 0 aliphatic rings. The third-order valence-corrected chi connectivity index (χ3v) is 4.79. The zero-order valence-electron chi connectivity index (χ0n) is 16.4. The Morgan fingerprint density at radius 1 is 1.22 bits per heavy atom. The Kier molecular flexibility index (Phi) is 5.88. The zero-order valence-corrected chi connectivity index (χ0v) is 17.2. The first-order valence-electron chi connectivity index (χ1n) is 8.53. The molecule has 0 atom stereocenters. The lowest BCUT2D eigenvalue weighted by atomic mass is 10.2. The highest BCUT2D eigenvalue weighted by Gasteiger charge is 2.19. The Bertz CT molecular complexity index is 967. The molecule has 2 aromatic heterocycles. The van der Waals surface area contributed by atoms with Crippen molar-refractivity contribution < 1.29 is 13.2 Å². The van der Waals surface area contributed by atoms with Gasteiger partial charge >= 0.3 is 6.01 Å². The fraction of sp³-hybridized carbons (Fsp3) is 0.529. The highest BCUT2D eigenvalue weighted by atomic mass is 32.2. The van der Waals surface area contributed by atoms with Gasteiger partial charge in [-0.1, -0.05) is 6.92 Å². The van der Waals surface area contributed by atoms with Gasteiger partial charge in [-0.25, -0.2) is 8.42 Å². The van der Waals surface area contributed by atoms with E-state index >= 15 is 0 Å². The van der Waals surface area contributed by atoms with Crippen LogP contribution in [-0.2, 0) is 17.1 Å². The molecule has 0 fully saturated rings. The van der Waals surface area contributed by atoms with Gasteiger partial charge in [0.2, 0.25) is 16.0 Å². The lowest BCUT2D eigenvalue weighted by molar-refractivity contribution is 0.117. The van der Waals surface area contributed by atoms with Crippen LogP contribution < -0.4 is 15.0 Å². The van der Waals surface area contributed by atoms with Crippen LogP contribution >= 0.6 is 0 Å². The summed E-state index contributed by atoms with van der Waals surface area (Å²) < 4.78 is 33.7. The van der Waals surface area contributed by atoms with Crippen molar-refractivity contribution in [3.05, 3.63) is 28.2 Å². The van der Waals surface area contributed by atoms with Crippen molar-refractivity contribution in [3.8, 4) is 17.4 Å². The number of nitrogens with one attached hydrogen (secondary N) is 1. The van der Waals surface area contributed by atoms with Crippen LogP contribution in [0.25, 0.3) is 11.4 Å². The average Bonchev–Trinajstić information content (AvgIpc) is 2.49. The minimum atomic E-state index is -3.58. The summed E-state index contributed by atoms with van der Waals surface area (Å²) in [5, 5.41) is 0. The molecule has 0 saturated heterocycles. The number of aromatic nitrogens is 4. The van der Waals surface area contributed by atoms with Gasteiger partial charge in [-0.2, -0.15) is 15.0 Å². The number of ether oxygens (including phenoxy) is 1. The van der Waals surface area contributed by atoms with Gasteiger partial charge in [0.05, 0.1) is 5.75 Å². The predicted octanol–water partition coefficient (Wildman–Crippen LogP) is 1.87. The fourth-order valence-corrected chi connectivity index (χ4v) is 3.32. The zero-order chi connectivity index (χ0) is 20.4. The van der Waals surface area contributed by atoms with Gasteiger partial charge < -0.3 is 9.30 Å². The third-order valence-electron chi connectivity index (χ3n) is 3.35. The van der Waals surface area contributed by atoms with E-state index in [4.69, 9.17) is 4.74 Å². The van der Waals surface area contributed by atoms with E-state index in [9.17, 15) is 13.2 Å². The SMILES string of the molecule is CCCS(=O)(=O)Nc1nc(OC(C)(C)C)nc(-c2cc(C)c(=O)n(C)c2)n1. The second-order valence-electron chi connectivity index (χ2n) is 7.23. The molecule has 0 bridgehead atoms. The van der Waals surface area contributed by atoms with Gasteiger partial charge in [0.25, 0.3) is 5.56 Å². The van der Waals surface area contributed by atoms with Crippen molar-refractivity contribution in [2.45, 2.75) is 46.6 Å². The molecule has 0 saturated carbocycles. The molecule has 0 spiro atoms. The van der Waals surface area contributed by atoms with Crippen LogP contribution in [-0.4, -0.2) is 39.3 Å². The summed E-state index contributed by atoms with van der Waals surface area (Å²) in [4.78, 5) is 24.5. The molecule has 0 amide bonds. The first-order valence-corrected chi connectivity index (χ1v) is 10.2. The molecule has 9 nitrogen and oxygen atoms in total. The minimum absolute atomic E-state index is 0.00629. The number of rotatable bonds is 6. The van der Waals surface area contributed by atoms with Crippen molar-refractivity contribution >= 4 is 16.0 Å². The molecular weight excluding hydrogens is 370 g/mol. The van der Waals surface area contributed by atoms with Crippen molar-refractivity contribution in [1.82, 2.24) is 19.5 Å². The summed E-state index contributed by atoms with van der Waals surface area (Å²) in [6.45, 7) is 8.93. The predicted molar refractivity (Wildman–Crippen MR) is 103 cm³/mol. The minimum Gasteiger partial charge on any atom is -0.458 e. The Balaban J connectivity index is 2.58. The average molecular weight is 395 g/mol. The van der Waals surface area contributed by atoms with Gasteiger partial charge in [0.15, 0.2) is 5.82 Å². The number of hydrogen-bond donors (Lipinski definition) is 1. The Labute approximate surface area is 158 Å². The van der Waals surface area contributed by atoms with Gasteiger partial charge in [-0.3, -0.25) is 9.52 Å². The normalized spacial score (nSPS) is 12.1. The second kappa shape index (κ2) is 7.63. The smallest absolute Gasteiger partial charge is 0.322 e. The first kappa shape index (κ1) is 20.8. The molecule has 2 aromatic rings.